The van der Waals surface area contributed by atoms with Gasteiger partial charge in [0.1, 0.15) is 0 Å². The molecule has 1 atom stereocenters. The van der Waals surface area contributed by atoms with E-state index < -0.39 is 0 Å². The first kappa shape index (κ1) is 19.9. The lowest BCUT2D eigenvalue weighted by Crippen LogP contribution is -2.44. The predicted octanol–water partition coefficient (Wildman–Crippen LogP) is 3.77. The highest BCUT2D eigenvalue weighted by Gasteiger charge is 2.24. The van der Waals surface area contributed by atoms with Crippen molar-refractivity contribution < 1.29 is 9.53 Å². The number of halogens is 1. The summed E-state index contributed by atoms with van der Waals surface area (Å²) < 4.78 is 5.48. The maximum absolute atomic E-state index is 12.4. The second kappa shape index (κ2) is 9.88. The predicted molar refractivity (Wildman–Crippen MR) is 109 cm³/mol. The van der Waals surface area contributed by atoms with Gasteiger partial charge in [-0.15, -0.1) is 0 Å². The molecule has 0 unspecified atom stereocenters. The van der Waals surface area contributed by atoms with Gasteiger partial charge in [-0.2, -0.15) is 0 Å². The lowest BCUT2D eigenvalue weighted by atomic mass is 10.0. The normalized spacial score (nSPS) is 16.1. The molecule has 27 heavy (non-hydrogen) atoms. The van der Waals surface area contributed by atoms with Crippen LogP contribution in [0.2, 0.25) is 5.02 Å². The summed E-state index contributed by atoms with van der Waals surface area (Å²) in [7, 11) is 0. The van der Waals surface area contributed by atoms with Crippen molar-refractivity contribution in [1.82, 2.24) is 10.2 Å². The summed E-state index contributed by atoms with van der Waals surface area (Å²) in [6.07, 6.45) is 1.24. The second-order valence-corrected chi connectivity index (χ2v) is 7.38. The molecule has 2 aromatic rings. The minimum Gasteiger partial charge on any atom is -0.379 e. The molecule has 0 spiro atoms. The van der Waals surface area contributed by atoms with Gasteiger partial charge in [0.15, 0.2) is 0 Å². The molecule has 1 fully saturated rings. The summed E-state index contributed by atoms with van der Waals surface area (Å²) >= 11 is 6.44. The van der Waals surface area contributed by atoms with Crippen LogP contribution in [0.25, 0.3) is 0 Å². The van der Waals surface area contributed by atoms with Crippen molar-refractivity contribution in [2.75, 3.05) is 32.8 Å². The van der Waals surface area contributed by atoms with Gasteiger partial charge in [0.05, 0.1) is 19.3 Å². The second-order valence-electron chi connectivity index (χ2n) is 6.98. The average Bonchev–Trinajstić information content (AvgIpc) is 2.70. The fraction of sp³-hybridized carbons (Fsp3) is 0.409. The lowest BCUT2D eigenvalue weighted by Gasteiger charge is -2.35. The van der Waals surface area contributed by atoms with Crippen molar-refractivity contribution >= 4 is 17.5 Å². The van der Waals surface area contributed by atoms with Gasteiger partial charge in [0.2, 0.25) is 5.91 Å². The molecule has 3 rings (SSSR count). The van der Waals surface area contributed by atoms with Crippen molar-refractivity contribution in [2.24, 2.45) is 0 Å². The zero-order valence-corrected chi connectivity index (χ0v) is 16.5. The minimum atomic E-state index is 0.0610. The van der Waals surface area contributed by atoms with E-state index in [4.69, 9.17) is 16.3 Å². The van der Waals surface area contributed by atoms with E-state index in [1.165, 1.54) is 11.1 Å². The van der Waals surface area contributed by atoms with Crippen LogP contribution >= 0.6 is 11.6 Å². The Morgan fingerprint density at radius 3 is 2.56 bits per heavy atom. The van der Waals surface area contributed by atoms with Gasteiger partial charge in [0, 0.05) is 31.1 Å². The lowest BCUT2D eigenvalue weighted by molar-refractivity contribution is -0.121. The van der Waals surface area contributed by atoms with Gasteiger partial charge >= 0.3 is 0 Å². The van der Waals surface area contributed by atoms with Gasteiger partial charge in [-0.25, -0.2) is 0 Å². The van der Waals surface area contributed by atoms with E-state index in [0.717, 1.165) is 30.1 Å². The molecule has 1 aliphatic rings. The molecule has 1 amide bonds. The van der Waals surface area contributed by atoms with Gasteiger partial charge in [-0.05, 0) is 30.5 Å². The van der Waals surface area contributed by atoms with Crippen LogP contribution in [0.5, 0.6) is 0 Å². The van der Waals surface area contributed by atoms with E-state index in [1.807, 2.05) is 24.3 Å². The standard InChI is InChI=1S/C22H27ClN2O2/c1-17-6-8-18(9-7-17)10-11-22(26)24-16-21(25-12-14-27-15-13-25)19-4-2-3-5-20(19)23/h2-9,21H,10-16H2,1H3,(H,24,26)/t21-/m1/s1. The largest absolute Gasteiger partial charge is 0.379 e. The SMILES string of the molecule is Cc1ccc(CCC(=O)NC[C@H](c2ccccc2Cl)N2CCOCC2)cc1. The van der Waals surface area contributed by atoms with Gasteiger partial charge in [-0.3, -0.25) is 9.69 Å². The molecule has 144 valence electrons. The summed E-state index contributed by atoms with van der Waals surface area (Å²) in [5.41, 5.74) is 3.47. The topological polar surface area (TPSA) is 41.6 Å². The van der Waals surface area contributed by atoms with Crippen LogP contribution in [-0.2, 0) is 16.0 Å². The number of benzene rings is 2. The molecule has 0 saturated carbocycles. The van der Waals surface area contributed by atoms with E-state index >= 15 is 0 Å². The summed E-state index contributed by atoms with van der Waals surface area (Å²) in [5.74, 6) is 0.0703. The molecule has 1 aliphatic heterocycles. The third-order valence-electron chi connectivity index (χ3n) is 5.00. The number of carbonyl (C=O) groups is 1. The van der Waals surface area contributed by atoms with Gasteiger partial charge < -0.3 is 10.1 Å². The molecule has 1 N–H and O–H groups in total. The molecule has 0 radical (unpaired) electrons. The number of nitrogens with zero attached hydrogens (tertiary/aromatic N) is 1. The van der Waals surface area contributed by atoms with Gasteiger partial charge in [0.25, 0.3) is 0 Å². The number of carbonyl (C=O) groups excluding carboxylic acids is 1. The average molecular weight is 387 g/mol. The van der Waals surface area contributed by atoms with Crippen LogP contribution in [0.1, 0.15) is 29.2 Å². The molecule has 0 aliphatic carbocycles. The number of hydrogen-bond acceptors (Lipinski definition) is 3. The third kappa shape index (κ3) is 5.80. The number of ether oxygens (including phenoxy) is 1. The highest BCUT2D eigenvalue weighted by molar-refractivity contribution is 6.31. The quantitative estimate of drug-likeness (QED) is 0.787. The molecule has 1 heterocycles. The molecule has 5 heteroatoms. The van der Waals surface area contributed by atoms with Crippen LogP contribution in [0.15, 0.2) is 48.5 Å². The van der Waals surface area contributed by atoms with Crippen LogP contribution in [0.4, 0.5) is 0 Å². The van der Waals surface area contributed by atoms with E-state index in [1.54, 1.807) is 0 Å². The third-order valence-corrected chi connectivity index (χ3v) is 5.35. The number of nitrogens with one attached hydrogen (secondary N) is 1. The Morgan fingerprint density at radius 1 is 1.15 bits per heavy atom. The van der Waals surface area contributed by atoms with Crippen LogP contribution < -0.4 is 5.32 Å². The molecule has 1 saturated heterocycles. The monoisotopic (exact) mass is 386 g/mol. The Labute approximate surface area is 166 Å². The van der Waals surface area contributed by atoms with Crippen LogP contribution in [0.3, 0.4) is 0 Å². The van der Waals surface area contributed by atoms with Crippen molar-refractivity contribution in [2.45, 2.75) is 25.8 Å². The Balaban J connectivity index is 1.59. The molecule has 0 aromatic heterocycles. The number of aryl methyl sites for hydroxylation is 2. The van der Waals surface area contributed by atoms with Crippen molar-refractivity contribution in [3.63, 3.8) is 0 Å². The molecular weight excluding hydrogens is 360 g/mol. The molecule has 4 nitrogen and oxygen atoms in total. The van der Waals surface area contributed by atoms with E-state index in [9.17, 15) is 4.79 Å². The van der Waals surface area contributed by atoms with Crippen LogP contribution in [-0.4, -0.2) is 43.7 Å². The highest BCUT2D eigenvalue weighted by atomic mass is 35.5. The zero-order chi connectivity index (χ0) is 19.1. The number of amides is 1. The Hall–Kier alpha value is -1.88. The molecular formula is C22H27ClN2O2. The first-order chi connectivity index (χ1) is 13.1. The van der Waals surface area contributed by atoms with Crippen molar-refractivity contribution in [1.29, 1.82) is 0 Å². The van der Waals surface area contributed by atoms with Crippen molar-refractivity contribution in [3.05, 3.63) is 70.2 Å². The van der Waals surface area contributed by atoms with Crippen LogP contribution in [0, 0.1) is 6.92 Å². The summed E-state index contributed by atoms with van der Waals surface area (Å²) in [6, 6.07) is 16.3. The summed E-state index contributed by atoms with van der Waals surface area (Å²) in [5, 5.41) is 3.85. The first-order valence-electron chi connectivity index (χ1n) is 9.52. The maximum atomic E-state index is 12.4. The first-order valence-corrected chi connectivity index (χ1v) is 9.90. The smallest absolute Gasteiger partial charge is 0.220 e. The van der Waals surface area contributed by atoms with E-state index in [2.05, 4.69) is 41.4 Å². The number of morpholine rings is 1. The van der Waals surface area contributed by atoms with Crippen molar-refractivity contribution in [3.8, 4) is 0 Å². The summed E-state index contributed by atoms with van der Waals surface area (Å²) in [4.78, 5) is 14.7. The highest BCUT2D eigenvalue weighted by Crippen LogP contribution is 2.27. The minimum absolute atomic E-state index is 0.0610. The van der Waals surface area contributed by atoms with Gasteiger partial charge in [-0.1, -0.05) is 59.6 Å². The fourth-order valence-corrected chi connectivity index (χ4v) is 3.64. The Kier molecular flexibility index (Phi) is 7.27. The van der Waals surface area contributed by atoms with E-state index in [-0.39, 0.29) is 11.9 Å². The molecule has 0 bridgehead atoms. The molecule has 2 aromatic carbocycles. The Bertz CT molecular complexity index is 742. The Morgan fingerprint density at radius 2 is 1.85 bits per heavy atom. The number of rotatable bonds is 7. The zero-order valence-electron chi connectivity index (χ0n) is 15.8. The fourth-order valence-electron chi connectivity index (χ4n) is 3.38. The summed E-state index contributed by atoms with van der Waals surface area (Å²) in [6.45, 7) is 5.72. The maximum Gasteiger partial charge on any atom is 0.220 e. The number of hydrogen-bond donors (Lipinski definition) is 1. The van der Waals surface area contributed by atoms with E-state index in [0.29, 0.717) is 26.2 Å².